The van der Waals surface area contributed by atoms with Crippen molar-refractivity contribution in [2.24, 2.45) is 0 Å². The van der Waals surface area contributed by atoms with Gasteiger partial charge in [-0.2, -0.15) is 0 Å². The number of hydrogen-bond acceptors (Lipinski definition) is 2. The van der Waals surface area contributed by atoms with E-state index < -0.39 is 0 Å². The van der Waals surface area contributed by atoms with Gasteiger partial charge in [0.2, 0.25) is 5.78 Å². The summed E-state index contributed by atoms with van der Waals surface area (Å²) in [5.74, 6) is -0.0631. The predicted octanol–water partition coefficient (Wildman–Crippen LogP) is 4.45. The third-order valence-corrected chi connectivity index (χ3v) is 3.69. The molecule has 0 aliphatic rings. The zero-order chi connectivity index (χ0) is 13.3. The molecule has 4 heteroatoms. The molecule has 0 saturated carbocycles. The number of halogens is 2. The van der Waals surface area contributed by atoms with Gasteiger partial charge in [0, 0.05) is 20.7 Å². The molecule has 0 fully saturated rings. The number of aromatic nitrogens is 1. The molecule has 18 heavy (non-hydrogen) atoms. The molecule has 0 N–H and O–H groups in total. The number of benzene rings is 1. The van der Waals surface area contributed by atoms with Crippen LogP contribution in [0.1, 0.15) is 27.2 Å². The molecule has 0 aliphatic carbocycles. The third-order valence-electron chi connectivity index (χ3n) is 2.65. The van der Waals surface area contributed by atoms with Crippen molar-refractivity contribution in [2.75, 3.05) is 0 Å². The molecule has 92 valence electrons. The lowest BCUT2D eigenvalue weighted by atomic mass is 10.0. The highest BCUT2D eigenvalue weighted by atomic mass is 79.9. The molecule has 0 atom stereocenters. The van der Waals surface area contributed by atoms with Gasteiger partial charge in [0.15, 0.2) is 0 Å². The first kappa shape index (κ1) is 13.4. The number of rotatable bonds is 2. The Morgan fingerprint density at radius 3 is 2.50 bits per heavy atom. The van der Waals surface area contributed by atoms with Crippen LogP contribution < -0.4 is 0 Å². The van der Waals surface area contributed by atoms with Gasteiger partial charge < -0.3 is 0 Å². The summed E-state index contributed by atoms with van der Waals surface area (Å²) in [7, 11) is 0. The van der Waals surface area contributed by atoms with Gasteiger partial charge in [0.05, 0.1) is 0 Å². The predicted molar refractivity (Wildman–Crippen MR) is 79.0 cm³/mol. The van der Waals surface area contributed by atoms with E-state index in [4.69, 9.17) is 0 Å². The van der Waals surface area contributed by atoms with Gasteiger partial charge in [0.25, 0.3) is 0 Å². The zero-order valence-electron chi connectivity index (χ0n) is 10.00. The molecule has 0 saturated heterocycles. The Morgan fingerprint density at radius 1 is 1.17 bits per heavy atom. The molecule has 0 spiro atoms. The van der Waals surface area contributed by atoms with E-state index >= 15 is 0 Å². The van der Waals surface area contributed by atoms with Crippen molar-refractivity contribution in [2.45, 2.75) is 13.8 Å². The van der Waals surface area contributed by atoms with Crippen LogP contribution >= 0.6 is 31.9 Å². The van der Waals surface area contributed by atoms with Gasteiger partial charge in [-0.05, 0) is 57.3 Å². The second-order valence-electron chi connectivity index (χ2n) is 4.13. The molecule has 0 aliphatic heterocycles. The second kappa shape index (κ2) is 5.33. The summed E-state index contributed by atoms with van der Waals surface area (Å²) >= 11 is 6.69. The van der Waals surface area contributed by atoms with E-state index in [2.05, 4.69) is 36.8 Å². The molecule has 1 aromatic heterocycles. The molecule has 0 radical (unpaired) electrons. The first-order valence-electron chi connectivity index (χ1n) is 5.42. The summed E-state index contributed by atoms with van der Waals surface area (Å²) in [4.78, 5) is 16.6. The molecule has 2 aromatic rings. The minimum Gasteiger partial charge on any atom is -0.287 e. The Hall–Kier alpha value is -1.000. The fraction of sp³-hybridized carbons (Fsp3) is 0.143. The fourth-order valence-corrected chi connectivity index (χ4v) is 2.95. The number of hydrogen-bond donors (Lipinski definition) is 0. The van der Waals surface area contributed by atoms with E-state index in [1.807, 2.05) is 38.1 Å². The van der Waals surface area contributed by atoms with Crippen molar-refractivity contribution in [3.63, 3.8) is 0 Å². The summed E-state index contributed by atoms with van der Waals surface area (Å²) in [6.07, 6.45) is 1.63. The van der Waals surface area contributed by atoms with E-state index in [0.717, 1.165) is 15.6 Å². The van der Waals surface area contributed by atoms with Crippen LogP contribution in [0.5, 0.6) is 0 Å². The lowest BCUT2D eigenvalue weighted by Gasteiger charge is -2.07. The van der Waals surface area contributed by atoms with Gasteiger partial charge in [-0.15, -0.1) is 0 Å². The fourth-order valence-electron chi connectivity index (χ4n) is 1.78. The van der Waals surface area contributed by atoms with Gasteiger partial charge in [-0.3, -0.25) is 9.78 Å². The average molecular weight is 369 g/mol. The topological polar surface area (TPSA) is 30.0 Å². The van der Waals surface area contributed by atoms with Gasteiger partial charge in [-0.25, -0.2) is 0 Å². The Morgan fingerprint density at radius 2 is 1.89 bits per heavy atom. The van der Waals surface area contributed by atoms with Crippen LogP contribution in [0.25, 0.3) is 0 Å². The number of ketones is 1. The van der Waals surface area contributed by atoms with Gasteiger partial charge in [-0.1, -0.05) is 23.8 Å². The summed E-state index contributed by atoms with van der Waals surface area (Å²) in [6, 6.07) is 7.61. The SMILES string of the molecule is Cc1ccc(C(=O)c2ncc(Br)cc2Br)c(C)c1. The van der Waals surface area contributed by atoms with Crippen LogP contribution in [-0.2, 0) is 0 Å². The van der Waals surface area contributed by atoms with Crippen LogP contribution in [-0.4, -0.2) is 10.8 Å². The molecule has 1 heterocycles. The third kappa shape index (κ3) is 2.70. The number of pyridine rings is 1. The van der Waals surface area contributed by atoms with Crippen LogP contribution in [0.2, 0.25) is 0 Å². The summed E-state index contributed by atoms with van der Waals surface area (Å²) < 4.78 is 1.54. The smallest absolute Gasteiger partial charge is 0.212 e. The highest BCUT2D eigenvalue weighted by molar-refractivity contribution is 9.11. The monoisotopic (exact) mass is 367 g/mol. The average Bonchev–Trinajstić information content (AvgIpc) is 2.28. The van der Waals surface area contributed by atoms with Gasteiger partial charge in [0.1, 0.15) is 5.69 Å². The van der Waals surface area contributed by atoms with Crippen molar-refractivity contribution in [3.05, 3.63) is 61.8 Å². The van der Waals surface area contributed by atoms with Crippen molar-refractivity contribution in [1.29, 1.82) is 0 Å². The van der Waals surface area contributed by atoms with E-state index in [9.17, 15) is 4.79 Å². The molecule has 0 bridgehead atoms. The Labute approximate surface area is 123 Å². The standard InChI is InChI=1S/C14H11Br2NO/c1-8-3-4-11(9(2)5-8)14(18)13-12(16)6-10(15)7-17-13/h3-7H,1-2H3. The number of nitrogens with zero attached hydrogens (tertiary/aromatic N) is 1. The Balaban J connectivity index is 2.48. The lowest BCUT2D eigenvalue weighted by Crippen LogP contribution is -2.07. The lowest BCUT2D eigenvalue weighted by molar-refractivity contribution is 0.103. The molecule has 0 unspecified atom stereocenters. The Bertz CT molecular complexity index is 570. The van der Waals surface area contributed by atoms with Crippen LogP contribution in [0, 0.1) is 13.8 Å². The first-order valence-corrected chi connectivity index (χ1v) is 7.00. The highest BCUT2D eigenvalue weighted by Gasteiger charge is 2.16. The molecule has 2 rings (SSSR count). The second-order valence-corrected chi connectivity index (χ2v) is 5.90. The molecular formula is C14H11Br2NO. The van der Waals surface area contributed by atoms with Crippen molar-refractivity contribution in [3.8, 4) is 0 Å². The highest BCUT2D eigenvalue weighted by Crippen LogP contribution is 2.23. The van der Waals surface area contributed by atoms with Crippen molar-refractivity contribution in [1.82, 2.24) is 4.98 Å². The Kier molecular flexibility index (Phi) is 3.97. The van der Waals surface area contributed by atoms with Crippen LogP contribution in [0.4, 0.5) is 0 Å². The van der Waals surface area contributed by atoms with Crippen LogP contribution in [0.3, 0.4) is 0 Å². The number of aryl methyl sites for hydroxylation is 2. The maximum atomic E-state index is 12.4. The van der Waals surface area contributed by atoms with E-state index in [0.29, 0.717) is 15.7 Å². The minimum atomic E-state index is -0.0631. The number of carbonyl (C=O) groups excluding carboxylic acids is 1. The van der Waals surface area contributed by atoms with E-state index in [1.165, 1.54) is 0 Å². The maximum absolute atomic E-state index is 12.4. The van der Waals surface area contributed by atoms with E-state index in [-0.39, 0.29) is 5.78 Å². The summed E-state index contributed by atoms with van der Waals surface area (Å²) in [5.41, 5.74) is 3.24. The molecule has 0 amide bonds. The van der Waals surface area contributed by atoms with E-state index in [1.54, 1.807) is 6.20 Å². The minimum absolute atomic E-state index is 0.0631. The van der Waals surface area contributed by atoms with Crippen molar-refractivity contribution >= 4 is 37.6 Å². The molecule has 2 nitrogen and oxygen atoms in total. The normalized spacial score (nSPS) is 10.4. The largest absolute Gasteiger partial charge is 0.287 e. The quantitative estimate of drug-likeness (QED) is 0.732. The molecular weight excluding hydrogens is 358 g/mol. The zero-order valence-corrected chi connectivity index (χ0v) is 13.2. The van der Waals surface area contributed by atoms with Crippen molar-refractivity contribution < 1.29 is 4.79 Å². The molecule has 1 aromatic carbocycles. The summed E-state index contributed by atoms with van der Waals surface area (Å²) in [5, 5.41) is 0. The first-order chi connectivity index (χ1) is 8.49. The number of carbonyl (C=O) groups is 1. The summed E-state index contributed by atoms with van der Waals surface area (Å²) in [6.45, 7) is 3.95. The van der Waals surface area contributed by atoms with Crippen LogP contribution in [0.15, 0.2) is 39.4 Å². The maximum Gasteiger partial charge on any atom is 0.212 e. The van der Waals surface area contributed by atoms with Gasteiger partial charge >= 0.3 is 0 Å².